The van der Waals surface area contributed by atoms with Gasteiger partial charge >= 0.3 is 0 Å². The lowest BCUT2D eigenvalue weighted by molar-refractivity contribution is 0.0964. The summed E-state index contributed by atoms with van der Waals surface area (Å²) in [6.07, 6.45) is 0.573. The van der Waals surface area contributed by atoms with Crippen LogP contribution in [0.2, 0.25) is 0 Å². The molecule has 0 aliphatic heterocycles. The smallest absolute Gasteiger partial charge is 0.166 e. The topological polar surface area (TPSA) is 26.3 Å². The molecule has 1 rings (SSSR count). The van der Waals surface area contributed by atoms with E-state index < -0.39 is 0 Å². The first-order valence-electron chi connectivity index (χ1n) is 5.81. The van der Waals surface area contributed by atoms with Crippen molar-refractivity contribution < 1.29 is 9.53 Å². The van der Waals surface area contributed by atoms with Gasteiger partial charge in [-0.1, -0.05) is 25.5 Å². The summed E-state index contributed by atoms with van der Waals surface area (Å²) in [7, 11) is 0. The van der Waals surface area contributed by atoms with Crippen LogP contribution in [-0.2, 0) is 0 Å². The Labute approximate surface area is 97.6 Å². The molecule has 88 valence electrons. The molecule has 0 saturated carbocycles. The highest BCUT2D eigenvalue weighted by molar-refractivity contribution is 5.98. The van der Waals surface area contributed by atoms with E-state index in [4.69, 9.17) is 4.74 Å². The van der Waals surface area contributed by atoms with Crippen molar-refractivity contribution in [2.24, 2.45) is 5.92 Å². The van der Waals surface area contributed by atoms with Gasteiger partial charge in [0.1, 0.15) is 5.75 Å². The molecule has 0 aromatic heterocycles. The number of benzene rings is 1. The number of carbonyl (C=O) groups excluding carboxylic acids is 1. The number of aryl methyl sites for hydroxylation is 1. The molecule has 16 heavy (non-hydrogen) atoms. The van der Waals surface area contributed by atoms with Crippen molar-refractivity contribution in [1.82, 2.24) is 0 Å². The van der Waals surface area contributed by atoms with Crippen molar-refractivity contribution in [3.8, 4) is 5.75 Å². The molecule has 0 radical (unpaired) electrons. The third-order valence-electron chi connectivity index (χ3n) is 2.33. The fourth-order valence-electron chi connectivity index (χ4n) is 1.62. The van der Waals surface area contributed by atoms with E-state index >= 15 is 0 Å². The fraction of sp³-hybridized carbons (Fsp3) is 0.500. The van der Waals surface area contributed by atoms with E-state index in [1.54, 1.807) is 0 Å². The molecule has 0 bridgehead atoms. The van der Waals surface area contributed by atoms with E-state index in [0.29, 0.717) is 24.7 Å². The lowest BCUT2D eigenvalue weighted by Crippen LogP contribution is -2.07. The Morgan fingerprint density at radius 3 is 2.62 bits per heavy atom. The second-order valence-corrected chi connectivity index (χ2v) is 4.45. The molecule has 0 spiro atoms. The number of ketones is 1. The van der Waals surface area contributed by atoms with E-state index in [-0.39, 0.29) is 5.78 Å². The average molecular weight is 220 g/mol. The van der Waals surface area contributed by atoms with Gasteiger partial charge in [0, 0.05) is 6.42 Å². The first-order valence-corrected chi connectivity index (χ1v) is 5.81. The van der Waals surface area contributed by atoms with E-state index in [9.17, 15) is 4.79 Å². The Kier molecular flexibility index (Phi) is 4.53. The standard InChI is InChI=1S/C14H20O2/c1-5-16-14-7-6-11(4)9-12(14)13(15)8-10(2)3/h6-7,9-10H,5,8H2,1-4H3. The lowest BCUT2D eigenvalue weighted by atomic mass is 9.99. The van der Waals surface area contributed by atoms with Gasteiger partial charge in [-0.2, -0.15) is 0 Å². The minimum atomic E-state index is 0.169. The molecule has 0 N–H and O–H groups in total. The van der Waals surface area contributed by atoms with Gasteiger partial charge in [0.2, 0.25) is 0 Å². The van der Waals surface area contributed by atoms with Gasteiger partial charge in [-0.3, -0.25) is 4.79 Å². The fourth-order valence-corrected chi connectivity index (χ4v) is 1.62. The third-order valence-corrected chi connectivity index (χ3v) is 2.33. The van der Waals surface area contributed by atoms with Crippen LogP contribution < -0.4 is 4.74 Å². The first-order chi connectivity index (χ1) is 7.54. The Morgan fingerprint density at radius 1 is 1.38 bits per heavy atom. The van der Waals surface area contributed by atoms with E-state index in [0.717, 1.165) is 11.1 Å². The largest absolute Gasteiger partial charge is 0.493 e. The van der Waals surface area contributed by atoms with Gasteiger partial charge in [0.25, 0.3) is 0 Å². The lowest BCUT2D eigenvalue weighted by Gasteiger charge is -2.11. The maximum atomic E-state index is 12.0. The predicted molar refractivity (Wildman–Crippen MR) is 66.1 cm³/mol. The predicted octanol–water partition coefficient (Wildman–Crippen LogP) is 3.62. The quantitative estimate of drug-likeness (QED) is 0.708. The Morgan fingerprint density at radius 2 is 2.06 bits per heavy atom. The number of hydrogen-bond acceptors (Lipinski definition) is 2. The minimum Gasteiger partial charge on any atom is -0.493 e. The van der Waals surface area contributed by atoms with Gasteiger partial charge in [-0.05, 0) is 31.9 Å². The van der Waals surface area contributed by atoms with E-state index in [2.05, 4.69) is 0 Å². The maximum absolute atomic E-state index is 12.0. The number of carbonyl (C=O) groups is 1. The van der Waals surface area contributed by atoms with Crippen LogP contribution in [0.25, 0.3) is 0 Å². The van der Waals surface area contributed by atoms with Crippen LogP contribution in [0.15, 0.2) is 18.2 Å². The monoisotopic (exact) mass is 220 g/mol. The zero-order valence-electron chi connectivity index (χ0n) is 10.5. The molecule has 0 atom stereocenters. The summed E-state index contributed by atoms with van der Waals surface area (Å²) in [6, 6.07) is 5.76. The summed E-state index contributed by atoms with van der Waals surface area (Å²) < 4.78 is 5.47. The minimum absolute atomic E-state index is 0.169. The van der Waals surface area contributed by atoms with Gasteiger partial charge in [-0.25, -0.2) is 0 Å². The first kappa shape index (κ1) is 12.8. The SMILES string of the molecule is CCOc1ccc(C)cc1C(=O)CC(C)C. The highest BCUT2D eigenvalue weighted by atomic mass is 16.5. The van der Waals surface area contributed by atoms with Gasteiger partial charge in [0.15, 0.2) is 5.78 Å². The average Bonchev–Trinajstić information content (AvgIpc) is 2.20. The van der Waals surface area contributed by atoms with Crippen LogP contribution in [-0.4, -0.2) is 12.4 Å². The van der Waals surface area contributed by atoms with Gasteiger partial charge in [0.05, 0.1) is 12.2 Å². The number of Topliss-reactive ketones (excluding diaryl/α,β-unsaturated/α-hetero) is 1. The molecule has 2 nitrogen and oxygen atoms in total. The summed E-state index contributed by atoms with van der Waals surface area (Å²) in [5.74, 6) is 1.25. The number of ether oxygens (including phenoxy) is 1. The van der Waals surface area contributed by atoms with Gasteiger partial charge < -0.3 is 4.74 Å². The summed E-state index contributed by atoms with van der Waals surface area (Å²) in [5.41, 5.74) is 1.81. The summed E-state index contributed by atoms with van der Waals surface area (Å²) >= 11 is 0. The summed E-state index contributed by atoms with van der Waals surface area (Å²) in [4.78, 5) is 12.0. The molecule has 0 fully saturated rings. The number of hydrogen-bond donors (Lipinski definition) is 0. The van der Waals surface area contributed by atoms with Crippen LogP contribution in [0.5, 0.6) is 5.75 Å². The highest BCUT2D eigenvalue weighted by Crippen LogP contribution is 2.23. The zero-order chi connectivity index (χ0) is 12.1. The Balaban J connectivity index is 2.99. The Bertz CT molecular complexity index is 367. The number of rotatable bonds is 5. The third kappa shape index (κ3) is 3.37. The molecule has 1 aromatic carbocycles. The van der Waals surface area contributed by atoms with Crippen molar-refractivity contribution in [2.75, 3.05) is 6.61 Å². The van der Waals surface area contributed by atoms with Crippen molar-refractivity contribution in [3.05, 3.63) is 29.3 Å². The van der Waals surface area contributed by atoms with E-state index in [1.165, 1.54) is 0 Å². The van der Waals surface area contributed by atoms with Gasteiger partial charge in [-0.15, -0.1) is 0 Å². The Hall–Kier alpha value is -1.31. The normalized spacial score (nSPS) is 10.6. The second-order valence-electron chi connectivity index (χ2n) is 4.45. The van der Waals surface area contributed by atoms with Crippen molar-refractivity contribution in [2.45, 2.75) is 34.1 Å². The van der Waals surface area contributed by atoms with E-state index in [1.807, 2.05) is 45.9 Å². The zero-order valence-corrected chi connectivity index (χ0v) is 10.5. The molecule has 0 amide bonds. The summed E-state index contributed by atoms with van der Waals surface area (Å²) in [5, 5.41) is 0. The van der Waals surface area contributed by atoms with Crippen LogP contribution in [0.3, 0.4) is 0 Å². The van der Waals surface area contributed by atoms with Crippen molar-refractivity contribution in [3.63, 3.8) is 0 Å². The molecule has 2 heteroatoms. The summed E-state index contributed by atoms with van der Waals surface area (Å²) in [6.45, 7) is 8.60. The molecule has 0 aliphatic rings. The molecule has 1 aromatic rings. The molecule has 0 heterocycles. The van der Waals surface area contributed by atoms with Crippen LogP contribution in [0.4, 0.5) is 0 Å². The molecular weight excluding hydrogens is 200 g/mol. The molecule has 0 unspecified atom stereocenters. The van der Waals surface area contributed by atoms with Crippen LogP contribution in [0, 0.1) is 12.8 Å². The molecular formula is C14H20O2. The molecule has 0 saturated heterocycles. The van der Waals surface area contributed by atoms with Crippen molar-refractivity contribution >= 4 is 5.78 Å². The highest BCUT2D eigenvalue weighted by Gasteiger charge is 2.13. The molecule has 0 aliphatic carbocycles. The van der Waals surface area contributed by atoms with Crippen molar-refractivity contribution in [1.29, 1.82) is 0 Å². The maximum Gasteiger partial charge on any atom is 0.166 e. The second kappa shape index (κ2) is 5.69. The van der Waals surface area contributed by atoms with Crippen LogP contribution >= 0.6 is 0 Å². The van der Waals surface area contributed by atoms with Crippen LogP contribution in [0.1, 0.15) is 43.1 Å².